The van der Waals surface area contributed by atoms with E-state index < -0.39 is 5.97 Å². The Kier molecular flexibility index (Phi) is 3.35. The molecule has 1 saturated carbocycles. The van der Waals surface area contributed by atoms with Gasteiger partial charge in [0.2, 0.25) is 0 Å². The summed E-state index contributed by atoms with van der Waals surface area (Å²) in [5.41, 5.74) is 1.31. The van der Waals surface area contributed by atoms with Gasteiger partial charge in [0.1, 0.15) is 0 Å². The summed E-state index contributed by atoms with van der Waals surface area (Å²) < 4.78 is 0. The first-order valence-electron chi connectivity index (χ1n) is 6.81. The molecule has 100 valence electrons. The standard InChI is InChI=1S/C15H22O3/c1-9(14(17)18)5-4-6-15(3)11-8-12(15)13(16)7-10(11)2/h7,9,11-12H,4-6,8H2,1-3H3,(H,17,18)/t9?,11-,12+,15-/m0/s1. The zero-order chi connectivity index (χ0) is 13.5. The van der Waals surface area contributed by atoms with Crippen LogP contribution in [0.25, 0.3) is 0 Å². The molecule has 0 radical (unpaired) electrons. The Morgan fingerprint density at radius 3 is 2.72 bits per heavy atom. The molecule has 0 aromatic heterocycles. The molecule has 0 saturated heterocycles. The van der Waals surface area contributed by atoms with Crippen molar-refractivity contribution < 1.29 is 14.7 Å². The SMILES string of the molecule is CC1=CC(=O)[C@H]2C[C@@H]1[C@]2(C)CCCC(C)C(=O)O. The third-order valence-corrected chi connectivity index (χ3v) is 5.10. The van der Waals surface area contributed by atoms with Crippen molar-refractivity contribution in [2.24, 2.45) is 23.2 Å². The maximum atomic E-state index is 11.9. The van der Waals surface area contributed by atoms with Crippen LogP contribution in [0.1, 0.15) is 46.5 Å². The molecule has 3 rings (SSSR count). The largest absolute Gasteiger partial charge is 0.481 e. The fourth-order valence-electron chi connectivity index (χ4n) is 3.69. The molecule has 3 aliphatic rings. The molecular formula is C15H22O3. The molecular weight excluding hydrogens is 228 g/mol. The molecule has 1 N–H and O–H groups in total. The second-order valence-corrected chi connectivity index (χ2v) is 6.27. The minimum atomic E-state index is -0.721. The molecule has 0 aliphatic heterocycles. The van der Waals surface area contributed by atoms with E-state index in [0.29, 0.717) is 12.3 Å². The topological polar surface area (TPSA) is 54.4 Å². The summed E-state index contributed by atoms with van der Waals surface area (Å²) in [5, 5.41) is 8.86. The van der Waals surface area contributed by atoms with Gasteiger partial charge in [-0.05, 0) is 43.6 Å². The van der Waals surface area contributed by atoms with Crippen LogP contribution < -0.4 is 0 Å². The van der Waals surface area contributed by atoms with Gasteiger partial charge >= 0.3 is 5.97 Å². The van der Waals surface area contributed by atoms with Gasteiger partial charge < -0.3 is 5.11 Å². The van der Waals surface area contributed by atoms with Crippen LogP contribution >= 0.6 is 0 Å². The van der Waals surface area contributed by atoms with Crippen molar-refractivity contribution in [3.8, 4) is 0 Å². The van der Waals surface area contributed by atoms with Crippen molar-refractivity contribution in [3.05, 3.63) is 11.6 Å². The second-order valence-electron chi connectivity index (χ2n) is 6.27. The summed E-state index contributed by atoms with van der Waals surface area (Å²) in [6, 6.07) is 0. The first-order chi connectivity index (χ1) is 8.36. The van der Waals surface area contributed by atoms with Crippen molar-refractivity contribution in [2.45, 2.75) is 46.5 Å². The lowest BCUT2D eigenvalue weighted by Gasteiger charge is -2.57. The summed E-state index contributed by atoms with van der Waals surface area (Å²) in [4.78, 5) is 22.7. The van der Waals surface area contributed by atoms with E-state index in [1.54, 1.807) is 13.0 Å². The van der Waals surface area contributed by atoms with E-state index >= 15 is 0 Å². The highest BCUT2D eigenvalue weighted by atomic mass is 16.4. The summed E-state index contributed by atoms with van der Waals surface area (Å²) in [6.07, 6.45) is 5.39. The normalized spacial score (nSPS) is 35.7. The minimum absolute atomic E-state index is 0.0914. The molecule has 0 aromatic carbocycles. The summed E-state index contributed by atoms with van der Waals surface area (Å²) in [5.74, 6) is 0.0115. The van der Waals surface area contributed by atoms with E-state index in [1.807, 2.05) is 0 Å². The lowest BCUT2D eigenvalue weighted by Crippen LogP contribution is -2.53. The number of carbonyl (C=O) groups is 2. The summed E-state index contributed by atoms with van der Waals surface area (Å²) >= 11 is 0. The van der Waals surface area contributed by atoms with Crippen molar-refractivity contribution in [3.63, 3.8) is 0 Å². The number of carboxylic acid groups (broad SMARTS) is 1. The third-order valence-electron chi connectivity index (χ3n) is 5.10. The Morgan fingerprint density at radius 2 is 2.22 bits per heavy atom. The maximum absolute atomic E-state index is 11.9. The van der Waals surface area contributed by atoms with Crippen LogP contribution in [-0.4, -0.2) is 16.9 Å². The zero-order valence-electron chi connectivity index (χ0n) is 11.4. The van der Waals surface area contributed by atoms with E-state index in [9.17, 15) is 9.59 Å². The molecule has 0 amide bonds. The molecule has 3 nitrogen and oxygen atoms in total. The molecule has 4 atom stereocenters. The van der Waals surface area contributed by atoms with E-state index in [0.717, 1.165) is 19.3 Å². The number of hydrogen-bond donors (Lipinski definition) is 1. The molecule has 0 heterocycles. The van der Waals surface area contributed by atoms with Gasteiger partial charge in [0.15, 0.2) is 5.78 Å². The number of carbonyl (C=O) groups excluding carboxylic acids is 1. The number of allylic oxidation sites excluding steroid dienone is 2. The number of aliphatic carboxylic acids is 1. The van der Waals surface area contributed by atoms with Crippen molar-refractivity contribution in [2.75, 3.05) is 0 Å². The van der Waals surface area contributed by atoms with E-state index in [2.05, 4.69) is 13.8 Å². The predicted molar refractivity (Wildman–Crippen MR) is 69.1 cm³/mol. The Hall–Kier alpha value is -1.12. The molecule has 1 fully saturated rings. The lowest BCUT2D eigenvalue weighted by atomic mass is 9.46. The molecule has 3 heteroatoms. The average Bonchev–Trinajstić information content (AvgIpc) is 2.26. The van der Waals surface area contributed by atoms with Gasteiger partial charge in [-0.2, -0.15) is 0 Å². The molecule has 0 spiro atoms. The Bertz CT molecular complexity index is 410. The minimum Gasteiger partial charge on any atom is -0.481 e. The molecule has 2 bridgehead atoms. The second kappa shape index (κ2) is 4.52. The highest BCUT2D eigenvalue weighted by Crippen LogP contribution is 2.60. The van der Waals surface area contributed by atoms with Crippen LogP contribution in [0.2, 0.25) is 0 Å². The first kappa shape index (κ1) is 13.3. The monoisotopic (exact) mass is 250 g/mol. The van der Waals surface area contributed by atoms with Crippen molar-refractivity contribution >= 4 is 11.8 Å². The number of rotatable bonds is 5. The summed E-state index contributed by atoms with van der Waals surface area (Å²) in [7, 11) is 0. The first-order valence-corrected chi connectivity index (χ1v) is 6.81. The highest BCUT2D eigenvalue weighted by Gasteiger charge is 2.56. The zero-order valence-corrected chi connectivity index (χ0v) is 11.4. The van der Waals surface area contributed by atoms with Crippen LogP contribution in [0, 0.1) is 23.2 Å². The van der Waals surface area contributed by atoms with Crippen molar-refractivity contribution in [1.29, 1.82) is 0 Å². The van der Waals surface area contributed by atoms with E-state index in [4.69, 9.17) is 5.11 Å². The quantitative estimate of drug-likeness (QED) is 0.816. The number of fused-ring (bicyclic) bond motifs is 1. The van der Waals surface area contributed by atoms with Gasteiger partial charge in [0.05, 0.1) is 5.92 Å². The van der Waals surface area contributed by atoms with Crippen molar-refractivity contribution in [1.82, 2.24) is 0 Å². The number of hydrogen-bond acceptors (Lipinski definition) is 2. The van der Waals surface area contributed by atoms with Gasteiger partial charge in [-0.15, -0.1) is 0 Å². The van der Waals surface area contributed by atoms with Gasteiger partial charge in [-0.25, -0.2) is 0 Å². The molecule has 0 aromatic rings. The Balaban J connectivity index is 1.93. The van der Waals surface area contributed by atoms with Crippen LogP contribution in [0.3, 0.4) is 0 Å². The predicted octanol–water partition coefficient (Wildman–Crippen LogP) is 3.05. The van der Waals surface area contributed by atoms with Crippen LogP contribution in [0.4, 0.5) is 0 Å². The average molecular weight is 250 g/mol. The summed E-state index contributed by atoms with van der Waals surface area (Å²) in [6.45, 7) is 6.00. The highest BCUT2D eigenvalue weighted by molar-refractivity contribution is 5.95. The van der Waals surface area contributed by atoms with E-state index in [-0.39, 0.29) is 23.0 Å². The van der Waals surface area contributed by atoms with Gasteiger partial charge in [0.25, 0.3) is 0 Å². The lowest BCUT2D eigenvalue weighted by molar-refractivity contribution is -0.142. The van der Waals surface area contributed by atoms with Crippen LogP contribution in [0.15, 0.2) is 11.6 Å². The Morgan fingerprint density at radius 1 is 1.56 bits per heavy atom. The third kappa shape index (κ3) is 2.00. The molecule has 1 unspecified atom stereocenters. The molecule has 3 aliphatic carbocycles. The number of carboxylic acids is 1. The maximum Gasteiger partial charge on any atom is 0.306 e. The van der Waals surface area contributed by atoms with Gasteiger partial charge in [0, 0.05) is 5.92 Å². The van der Waals surface area contributed by atoms with Crippen LogP contribution in [0.5, 0.6) is 0 Å². The fraction of sp³-hybridized carbons (Fsp3) is 0.733. The fourth-order valence-corrected chi connectivity index (χ4v) is 3.69. The van der Waals surface area contributed by atoms with Gasteiger partial charge in [-0.1, -0.05) is 25.8 Å². The molecule has 18 heavy (non-hydrogen) atoms. The van der Waals surface area contributed by atoms with E-state index in [1.165, 1.54) is 5.57 Å². The van der Waals surface area contributed by atoms with Crippen LogP contribution in [-0.2, 0) is 9.59 Å². The Labute approximate surface area is 108 Å². The smallest absolute Gasteiger partial charge is 0.306 e. The van der Waals surface area contributed by atoms with Gasteiger partial charge in [-0.3, -0.25) is 9.59 Å². The number of ketones is 1.